The van der Waals surface area contributed by atoms with Crippen LogP contribution < -0.4 is 0 Å². The van der Waals surface area contributed by atoms with Crippen LogP contribution in [0, 0.1) is 19.7 Å². The van der Waals surface area contributed by atoms with E-state index in [-0.39, 0.29) is 11.2 Å². The largest absolute Gasteiger partial charge is 0.206 e. The van der Waals surface area contributed by atoms with Gasteiger partial charge in [-0.1, -0.05) is 26.0 Å². The van der Waals surface area contributed by atoms with Crippen LogP contribution >= 0.6 is 11.6 Å². The summed E-state index contributed by atoms with van der Waals surface area (Å²) in [4.78, 5) is 0. The number of benzene rings is 1. The smallest absolute Gasteiger partial charge is 0.129 e. The highest BCUT2D eigenvalue weighted by molar-refractivity contribution is 6.17. The fourth-order valence-electron chi connectivity index (χ4n) is 1.72. The van der Waals surface area contributed by atoms with Gasteiger partial charge in [-0.25, -0.2) is 4.39 Å². The first kappa shape index (κ1) is 12.5. The Balaban J connectivity index is 3.16. The van der Waals surface area contributed by atoms with Crippen molar-refractivity contribution in [2.75, 3.05) is 5.88 Å². The van der Waals surface area contributed by atoms with Crippen LogP contribution in [0.1, 0.15) is 37.0 Å². The monoisotopic (exact) mass is 228 g/mol. The van der Waals surface area contributed by atoms with Gasteiger partial charge in [-0.3, -0.25) is 0 Å². The van der Waals surface area contributed by atoms with Crippen molar-refractivity contribution in [1.29, 1.82) is 0 Å². The van der Waals surface area contributed by atoms with Gasteiger partial charge in [0.05, 0.1) is 0 Å². The molecule has 0 heterocycles. The Kier molecular flexibility index (Phi) is 3.77. The molecule has 1 aromatic carbocycles. The Morgan fingerprint density at radius 2 is 1.67 bits per heavy atom. The fourth-order valence-corrected chi connectivity index (χ4v) is 2.19. The lowest BCUT2D eigenvalue weighted by Gasteiger charge is -2.25. The van der Waals surface area contributed by atoms with E-state index < -0.39 is 0 Å². The second kappa shape index (κ2) is 4.52. The minimum absolute atomic E-state index is 0.0188. The maximum absolute atomic E-state index is 13.5. The lowest BCUT2D eigenvalue weighted by Crippen LogP contribution is -2.18. The summed E-state index contributed by atoms with van der Waals surface area (Å²) in [5, 5.41) is 0. The van der Waals surface area contributed by atoms with E-state index in [4.69, 9.17) is 11.6 Å². The molecule has 0 aliphatic heterocycles. The van der Waals surface area contributed by atoms with Crippen LogP contribution in [0.25, 0.3) is 0 Å². The molecule has 0 unspecified atom stereocenters. The van der Waals surface area contributed by atoms with Crippen molar-refractivity contribution in [3.63, 3.8) is 0 Å². The molecule has 0 atom stereocenters. The Hall–Kier alpha value is -0.560. The van der Waals surface area contributed by atoms with Crippen molar-refractivity contribution in [3.8, 4) is 0 Å². The fraction of sp³-hybridized carbons (Fsp3) is 0.538. The molecule has 0 saturated carbocycles. The second-order valence-corrected chi connectivity index (χ2v) is 5.12. The number of hydrogen-bond donors (Lipinski definition) is 0. The van der Waals surface area contributed by atoms with Crippen LogP contribution in [0.4, 0.5) is 4.39 Å². The predicted molar refractivity (Wildman–Crippen MR) is 64.2 cm³/mol. The first-order valence-electron chi connectivity index (χ1n) is 5.21. The summed E-state index contributed by atoms with van der Waals surface area (Å²) < 4.78 is 13.5. The van der Waals surface area contributed by atoms with Crippen molar-refractivity contribution in [3.05, 3.63) is 34.6 Å². The van der Waals surface area contributed by atoms with Crippen LogP contribution in [0.15, 0.2) is 12.1 Å². The van der Waals surface area contributed by atoms with E-state index >= 15 is 0 Å². The first-order chi connectivity index (χ1) is 6.88. The molecule has 0 radical (unpaired) electrons. The Labute approximate surface area is 96.5 Å². The third-order valence-electron chi connectivity index (χ3n) is 2.94. The first-order valence-corrected chi connectivity index (χ1v) is 5.75. The van der Waals surface area contributed by atoms with Gasteiger partial charge in [-0.2, -0.15) is 0 Å². The molecule has 0 bridgehead atoms. The van der Waals surface area contributed by atoms with E-state index in [9.17, 15) is 4.39 Å². The van der Waals surface area contributed by atoms with Crippen molar-refractivity contribution in [1.82, 2.24) is 0 Å². The molecule has 0 aliphatic rings. The van der Waals surface area contributed by atoms with Gasteiger partial charge in [0.1, 0.15) is 5.82 Å². The molecule has 1 aromatic rings. The van der Waals surface area contributed by atoms with Crippen molar-refractivity contribution >= 4 is 11.6 Å². The minimum Gasteiger partial charge on any atom is -0.206 e. The summed E-state index contributed by atoms with van der Waals surface area (Å²) in [5.74, 6) is 0.531. The van der Waals surface area contributed by atoms with Gasteiger partial charge < -0.3 is 0 Å². The molecule has 1 rings (SSSR count). The molecule has 0 saturated heterocycles. The highest BCUT2D eigenvalue weighted by Crippen LogP contribution is 2.30. The summed E-state index contributed by atoms with van der Waals surface area (Å²) in [6.07, 6.45) is 0.902. The summed E-state index contributed by atoms with van der Waals surface area (Å²) in [7, 11) is 0. The Bertz CT molecular complexity index is 333. The molecule has 0 aliphatic carbocycles. The van der Waals surface area contributed by atoms with Gasteiger partial charge in [-0.15, -0.1) is 11.6 Å². The summed E-state index contributed by atoms with van der Waals surface area (Å²) in [6, 6.07) is 3.85. The van der Waals surface area contributed by atoms with Gasteiger partial charge in [0, 0.05) is 5.88 Å². The number of alkyl halides is 1. The molecule has 0 N–H and O–H groups in total. The van der Waals surface area contributed by atoms with Crippen LogP contribution in [-0.2, 0) is 5.41 Å². The third-order valence-corrected chi connectivity index (χ3v) is 3.13. The maximum Gasteiger partial charge on any atom is 0.129 e. The zero-order valence-electron chi connectivity index (χ0n) is 9.82. The molecule has 0 amide bonds. The lowest BCUT2D eigenvalue weighted by molar-refractivity contribution is 0.505. The van der Waals surface area contributed by atoms with E-state index in [2.05, 4.69) is 13.8 Å². The van der Waals surface area contributed by atoms with E-state index in [1.54, 1.807) is 0 Å². The van der Waals surface area contributed by atoms with Crippen LogP contribution in [0.5, 0.6) is 0 Å². The van der Waals surface area contributed by atoms with Gasteiger partial charge in [0.15, 0.2) is 0 Å². The standard InChI is InChI=1S/C13H18ClF/c1-9-7-11(8-10(2)12(9)15)13(3,4)5-6-14/h7-8H,5-6H2,1-4H3. The van der Waals surface area contributed by atoms with Gasteiger partial charge in [0.25, 0.3) is 0 Å². The van der Waals surface area contributed by atoms with E-state index in [1.165, 1.54) is 5.56 Å². The van der Waals surface area contributed by atoms with E-state index in [0.717, 1.165) is 6.42 Å². The van der Waals surface area contributed by atoms with Crippen LogP contribution in [-0.4, -0.2) is 5.88 Å². The highest BCUT2D eigenvalue weighted by Gasteiger charge is 2.21. The average Bonchev–Trinajstić information content (AvgIpc) is 2.13. The molecule has 84 valence electrons. The van der Waals surface area contributed by atoms with Crippen molar-refractivity contribution < 1.29 is 4.39 Å². The molecular weight excluding hydrogens is 211 g/mol. The molecule has 0 aromatic heterocycles. The van der Waals surface area contributed by atoms with Gasteiger partial charge >= 0.3 is 0 Å². The van der Waals surface area contributed by atoms with E-state index in [0.29, 0.717) is 17.0 Å². The second-order valence-electron chi connectivity index (χ2n) is 4.75. The number of aryl methyl sites for hydroxylation is 2. The highest BCUT2D eigenvalue weighted by atomic mass is 35.5. The number of halogens is 2. The van der Waals surface area contributed by atoms with Crippen LogP contribution in [0.3, 0.4) is 0 Å². The SMILES string of the molecule is Cc1cc(C(C)(C)CCCl)cc(C)c1F. The van der Waals surface area contributed by atoms with Crippen molar-refractivity contribution in [2.24, 2.45) is 0 Å². The number of hydrogen-bond acceptors (Lipinski definition) is 0. The minimum atomic E-state index is -0.0968. The average molecular weight is 229 g/mol. The Morgan fingerprint density at radius 1 is 1.20 bits per heavy atom. The normalized spacial score (nSPS) is 11.9. The Morgan fingerprint density at radius 3 is 2.07 bits per heavy atom. The van der Waals surface area contributed by atoms with Gasteiger partial charge in [0.2, 0.25) is 0 Å². The van der Waals surface area contributed by atoms with Crippen molar-refractivity contribution in [2.45, 2.75) is 39.5 Å². The zero-order valence-corrected chi connectivity index (χ0v) is 10.6. The predicted octanol–water partition coefficient (Wildman–Crippen LogP) is 4.35. The summed E-state index contributed by atoms with van der Waals surface area (Å²) >= 11 is 5.77. The molecule has 2 heteroatoms. The molecule has 15 heavy (non-hydrogen) atoms. The topological polar surface area (TPSA) is 0 Å². The maximum atomic E-state index is 13.5. The number of rotatable bonds is 3. The summed E-state index contributed by atoms with van der Waals surface area (Å²) in [6.45, 7) is 7.90. The quantitative estimate of drug-likeness (QED) is 0.675. The summed E-state index contributed by atoms with van der Waals surface area (Å²) in [5.41, 5.74) is 2.62. The molecular formula is C13H18ClF. The van der Waals surface area contributed by atoms with Crippen LogP contribution in [0.2, 0.25) is 0 Å². The lowest BCUT2D eigenvalue weighted by atomic mass is 9.81. The molecule has 0 nitrogen and oxygen atoms in total. The zero-order chi connectivity index (χ0) is 11.6. The molecule has 0 spiro atoms. The third kappa shape index (κ3) is 2.72. The van der Waals surface area contributed by atoms with Gasteiger partial charge in [-0.05, 0) is 42.4 Å². The van der Waals surface area contributed by atoms with E-state index in [1.807, 2.05) is 26.0 Å². The molecule has 0 fully saturated rings.